The molecule has 34 heavy (non-hydrogen) atoms. The minimum absolute atomic E-state index is 0.00398. The Hall–Kier alpha value is -3.25. The van der Waals surface area contributed by atoms with E-state index in [9.17, 15) is 36.2 Å². The fraction of sp³-hybridized carbons (Fsp3) is 0.238. The molecule has 13 heteroatoms. The first kappa shape index (κ1) is 25.4. The lowest BCUT2D eigenvalue weighted by Crippen LogP contribution is -2.53. The van der Waals surface area contributed by atoms with Crippen molar-refractivity contribution in [2.24, 2.45) is 0 Å². The molecule has 2 N–H and O–H groups in total. The van der Waals surface area contributed by atoms with E-state index in [1.54, 1.807) is 6.07 Å². The maximum atomic E-state index is 13.0. The molecule has 0 unspecified atom stereocenters. The summed E-state index contributed by atoms with van der Waals surface area (Å²) in [6.45, 7) is 1.20. The Morgan fingerprint density at radius 3 is 2.29 bits per heavy atom. The van der Waals surface area contributed by atoms with E-state index in [0.29, 0.717) is 17.7 Å². The molecular weight excluding hydrogens is 496 g/mol. The van der Waals surface area contributed by atoms with E-state index in [1.165, 1.54) is 25.1 Å². The van der Waals surface area contributed by atoms with Gasteiger partial charge < -0.3 is 19.4 Å². The second-order valence-electron chi connectivity index (χ2n) is 7.05. The van der Waals surface area contributed by atoms with Crippen LogP contribution in [0.5, 0.6) is 5.75 Å². The van der Waals surface area contributed by atoms with E-state index in [2.05, 4.69) is 4.98 Å². The number of carboxylic acid groups (broad SMARTS) is 1. The second kappa shape index (κ2) is 8.84. The van der Waals surface area contributed by atoms with E-state index in [1.807, 2.05) is 0 Å². The molecule has 1 aromatic heterocycles. The predicted octanol–water partition coefficient (Wildman–Crippen LogP) is 5.89. The van der Waals surface area contributed by atoms with Crippen LogP contribution in [0.25, 0.3) is 11.5 Å². The number of aromatic carboxylic acids is 1. The minimum atomic E-state index is -6.05. The van der Waals surface area contributed by atoms with Gasteiger partial charge in [-0.25, -0.2) is 9.78 Å². The third kappa shape index (κ3) is 4.68. The van der Waals surface area contributed by atoms with E-state index in [-0.39, 0.29) is 35.3 Å². The number of hydrogen-bond acceptors (Lipinski definition) is 5. The van der Waals surface area contributed by atoms with Gasteiger partial charge >= 0.3 is 18.3 Å². The predicted molar refractivity (Wildman–Crippen MR) is 105 cm³/mol. The smallest absolute Gasteiger partial charge is 0.430 e. The van der Waals surface area contributed by atoms with Crippen molar-refractivity contribution < 1.29 is 50.5 Å². The molecule has 0 atom stereocenters. The van der Waals surface area contributed by atoms with Gasteiger partial charge in [-0.05, 0) is 37.3 Å². The van der Waals surface area contributed by atoms with E-state index >= 15 is 0 Å². The van der Waals surface area contributed by atoms with Gasteiger partial charge in [0, 0.05) is 11.1 Å². The van der Waals surface area contributed by atoms with Crippen molar-refractivity contribution in [2.45, 2.75) is 31.5 Å². The van der Waals surface area contributed by atoms with Gasteiger partial charge in [0.15, 0.2) is 0 Å². The zero-order chi connectivity index (χ0) is 25.5. The van der Waals surface area contributed by atoms with Crippen molar-refractivity contribution in [3.8, 4) is 17.2 Å². The van der Waals surface area contributed by atoms with Crippen LogP contribution in [0.4, 0.5) is 26.3 Å². The lowest BCUT2D eigenvalue weighted by molar-refractivity contribution is -0.376. The summed E-state index contributed by atoms with van der Waals surface area (Å²) in [6.07, 6.45) is -12.1. The van der Waals surface area contributed by atoms with Crippen LogP contribution in [0.3, 0.4) is 0 Å². The molecule has 0 aliphatic heterocycles. The Bertz CT molecular complexity index is 1210. The van der Waals surface area contributed by atoms with Gasteiger partial charge in [-0.1, -0.05) is 23.7 Å². The summed E-state index contributed by atoms with van der Waals surface area (Å²) < 4.78 is 89.1. The summed E-state index contributed by atoms with van der Waals surface area (Å²) in [5.41, 5.74) is -6.07. The van der Waals surface area contributed by atoms with Crippen LogP contribution >= 0.6 is 11.6 Å². The Morgan fingerprint density at radius 1 is 1.09 bits per heavy atom. The molecule has 3 aromatic rings. The van der Waals surface area contributed by atoms with Crippen molar-refractivity contribution >= 4 is 17.6 Å². The number of ether oxygens (including phenoxy) is 1. The molecule has 3 rings (SSSR count). The van der Waals surface area contributed by atoms with E-state index < -0.39 is 34.5 Å². The first-order chi connectivity index (χ1) is 15.6. The monoisotopic (exact) mass is 509 g/mol. The van der Waals surface area contributed by atoms with Gasteiger partial charge in [-0.15, -0.1) is 0 Å². The third-order valence-electron chi connectivity index (χ3n) is 4.78. The second-order valence-corrected chi connectivity index (χ2v) is 7.45. The highest BCUT2D eigenvalue weighted by Crippen LogP contribution is 2.50. The summed E-state index contributed by atoms with van der Waals surface area (Å²) in [6, 6.07) is 7.22. The molecule has 0 amide bonds. The number of oxazole rings is 1. The zero-order valence-electron chi connectivity index (χ0n) is 17.0. The van der Waals surface area contributed by atoms with Crippen LogP contribution in [0.1, 0.15) is 27.4 Å². The van der Waals surface area contributed by atoms with Gasteiger partial charge in [-0.3, -0.25) is 0 Å². The molecule has 1 heterocycles. The minimum Gasteiger partial charge on any atom is -0.486 e. The maximum absolute atomic E-state index is 13.0. The number of carboxylic acids is 1. The summed E-state index contributed by atoms with van der Waals surface area (Å²) in [7, 11) is 0. The van der Waals surface area contributed by atoms with Crippen LogP contribution in [0.2, 0.25) is 5.02 Å². The van der Waals surface area contributed by atoms with Crippen molar-refractivity contribution in [3.05, 3.63) is 70.1 Å². The van der Waals surface area contributed by atoms with E-state index in [0.717, 1.165) is 6.07 Å². The Balaban J connectivity index is 1.83. The number of nitrogens with zero attached hydrogens (tertiary/aromatic N) is 1. The highest BCUT2D eigenvalue weighted by Gasteiger charge is 2.71. The molecule has 2 aromatic carbocycles. The molecule has 0 aliphatic rings. The molecular formula is C21H14ClF6NO5. The number of rotatable bonds is 6. The quantitative estimate of drug-likeness (QED) is 0.402. The average molecular weight is 510 g/mol. The van der Waals surface area contributed by atoms with E-state index in [4.69, 9.17) is 25.9 Å². The van der Waals surface area contributed by atoms with Gasteiger partial charge in [0.2, 0.25) is 5.89 Å². The standard InChI is InChI=1S/C21H14ClF6NO5/c1-10-15(29-17(34-10)11-3-2-4-12(7-11)18(30)31)9-33-16-6-5-13(8-14(16)22)19(32,20(23,24)25)21(26,27)28/h2-8,32H,9H2,1H3,(H,30,31). The molecule has 0 radical (unpaired) electrons. The molecule has 0 fully saturated rings. The van der Waals surface area contributed by atoms with Gasteiger partial charge in [0.1, 0.15) is 23.8 Å². The highest BCUT2D eigenvalue weighted by molar-refractivity contribution is 6.32. The number of benzene rings is 2. The average Bonchev–Trinajstić information content (AvgIpc) is 3.11. The normalized spacial score (nSPS) is 12.6. The molecule has 0 saturated carbocycles. The largest absolute Gasteiger partial charge is 0.486 e. The molecule has 0 aliphatic carbocycles. The molecule has 0 saturated heterocycles. The molecule has 182 valence electrons. The zero-order valence-corrected chi connectivity index (χ0v) is 17.7. The topological polar surface area (TPSA) is 92.8 Å². The lowest BCUT2D eigenvalue weighted by atomic mass is 9.92. The first-order valence-corrected chi connectivity index (χ1v) is 9.61. The number of carbonyl (C=O) groups is 1. The molecule has 0 spiro atoms. The van der Waals surface area contributed by atoms with Crippen LogP contribution in [0, 0.1) is 6.92 Å². The van der Waals surface area contributed by atoms with Crippen molar-refractivity contribution in [1.82, 2.24) is 4.98 Å². The Morgan fingerprint density at radius 2 is 1.74 bits per heavy atom. The molecule has 6 nitrogen and oxygen atoms in total. The SMILES string of the molecule is Cc1oc(-c2cccc(C(=O)O)c2)nc1COc1ccc(C(O)(C(F)(F)F)C(F)(F)F)cc1Cl. The van der Waals surface area contributed by atoms with Crippen molar-refractivity contribution in [3.63, 3.8) is 0 Å². The fourth-order valence-electron chi connectivity index (χ4n) is 2.95. The fourth-order valence-corrected chi connectivity index (χ4v) is 3.18. The highest BCUT2D eigenvalue weighted by atomic mass is 35.5. The number of halogens is 7. The van der Waals surface area contributed by atoms with Crippen molar-refractivity contribution in [2.75, 3.05) is 0 Å². The Labute approximate surface area is 192 Å². The number of alkyl halides is 6. The van der Waals surface area contributed by atoms with Gasteiger partial charge in [-0.2, -0.15) is 26.3 Å². The summed E-state index contributed by atoms with van der Waals surface area (Å²) in [5, 5.41) is 17.9. The first-order valence-electron chi connectivity index (χ1n) is 9.24. The van der Waals surface area contributed by atoms with Crippen LogP contribution in [-0.4, -0.2) is 33.5 Å². The number of hydrogen-bond donors (Lipinski definition) is 2. The summed E-state index contributed by atoms with van der Waals surface area (Å²) in [5.74, 6) is -1.09. The van der Waals surface area contributed by atoms with Crippen LogP contribution < -0.4 is 4.74 Å². The third-order valence-corrected chi connectivity index (χ3v) is 5.08. The van der Waals surface area contributed by atoms with Gasteiger partial charge in [0.25, 0.3) is 5.60 Å². The van der Waals surface area contributed by atoms with Crippen LogP contribution in [0.15, 0.2) is 46.9 Å². The summed E-state index contributed by atoms with van der Waals surface area (Å²) >= 11 is 5.82. The van der Waals surface area contributed by atoms with Gasteiger partial charge in [0.05, 0.1) is 10.6 Å². The van der Waals surface area contributed by atoms with Crippen LogP contribution in [-0.2, 0) is 12.2 Å². The number of aliphatic hydroxyl groups is 1. The summed E-state index contributed by atoms with van der Waals surface area (Å²) in [4.78, 5) is 15.3. The lowest BCUT2D eigenvalue weighted by Gasteiger charge is -2.32. The maximum Gasteiger partial charge on any atom is 0.430 e. The Kier molecular flexibility index (Phi) is 6.60. The molecule has 0 bridgehead atoms. The van der Waals surface area contributed by atoms with Crippen molar-refractivity contribution in [1.29, 1.82) is 0 Å². The number of aryl methyl sites for hydroxylation is 1. The number of aromatic nitrogens is 1.